The van der Waals surface area contributed by atoms with E-state index in [9.17, 15) is 0 Å². The normalized spacial score (nSPS) is 16.9. The number of alkyl halides is 1. The van der Waals surface area contributed by atoms with Gasteiger partial charge in [-0.2, -0.15) is 0 Å². The molecule has 0 aromatic carbocycles. The van der Waals surface area contributed by atoms with Crippen molar-refractivity contribution in [2.24, 2.45) is 5.92 Å². The predicted molar refractivity (Wildman–Crippen MR) is 50.1 cm³/mol. The Morgan fingerprint density at radius 3 is 2.27 bits per heavy atom. The molecule has 1 atom stereocenters. The molecule has 0 bridgehead atoms. The lowest BCUT2D eigenvalue weighted by molar-refractivity contribution is 0.232. The number of hydrogen-bond acceptors (Lipinski definition) is 2. The first kappa shape index (κ1) is 11.4. The van der Waals surface area contributed by atoms with Crippen LogP contribution in [0.1, 0.15) is 13.8 Å². The van der Waals surface area contributed by atoms with Crippen LogP contribution < -0.4 is 0 Å². The molecule has 0 saturated heterocycles. The number of rotatable bonds is 5. The average Bonchev–Trinajstić information content (AvgIpc) is 1.87. The standard InChI is InChI=1S/C7H17ClO2Si/c1-7(2)5-11(4,9-3)10-6-8/h7H,5-6H2,1-4H3. The first-order valence-electron chi connectivity index (χ1n) is 3.79. The third-order valence-corrected chi connectivity index (χ3v) is 5.04. The van der Waals surface area contributed by atoms with Gasteiger partial charge in [0, 0.05) is 7.11 Å². The molecular weight excluding hydrogens is 180 g/mol. The Kier molecular flexibility index (Phi) is 5.34. The Bertz CT molecular complexity index is 111. The summed E-state index contributed by atoms with van der Waals surface area (Å²) < 4.78 is 10.7. The lowest BCUT2D eigenvalue weighted by Gasteiger charge is -2.25. The van der Waals surface area contributed by atoms with Crippen LogP contribution in [0.4, 0.5) is 0 Å². The van der Waals surface area contributed by atoms with Crippen molar-refractivity contribution in [2.75, 3.05) is 13.2 Å². The van der Waals surface area contributed by atoms with Crippen LogP contribution in [-0.2, 0) is 8.85 Å². The minimum absolute atomic E-state index is 0.239. The highest BCUT2D eigenvalue weighted by atomic mass is 35.5. The molecule has 0 amide bonds. The Morgan fingerprint density at radius 2 is 2.00 bits per heavy atom. The maximum Gasteiger partial charge on any atom is 0.335 e. The van der Waals surface area contributed by atoms with Crippen LogP contribution >= 0.6 is 11.6 Å². The molecule has 2 nitrogen and oxygen atoms in total. The molecule has 0 N–H and O–H groups in total. The fourth-order valence-electron chi connectivity index (χ4n) is 1.06. The predicted octanol–water partition coefficient (Wildman–Crippen LogP) is 2.57. The fourth-order valence-corrected chi connectivity index (χ4v) is 3.87. The van der Waals surface area contributed by atoms with Crippen LogP contribution in [-0.4, -0.2) is 21.7 Å². The Labute approximate surface area is 75.1 Å². The summed E-state index contributed by atoms with van der Waals surface area (Å²) in [6.07, 6.45) is 0. The van der Waals surface area contributed by atoms with Gasteiger partial charge in [-0.05, 0) is 18.5 Å². The second-order valence-electron chi connectivity index (χ2n) is 3.19. The molecular formula is C7H17ClO2Si. The summed E-state index contributed by atoms with van der Waals surface area (Å²) in [5.41, 5.74) is 0. The molecule has 11 heavy (non-hydrogen) atoms. The summed E-state index contributed by atoms with van der Waals surface area (Å²) in [4.78, 5) is 0. The van der Waals surface area contributed by atoms with Gasteiger partial charge >= 0.3 is 8.56 Å². The highest BCUT2D eigenvalue weighted by Gasteiger charge is 2.30. The highest BCUT2D eigenvalue weighted by molar-refractivity contribution is 6.66. The Balaban J connectivity index is 3.87. The van der Waals surface area contributed by atoms with Crippen LogP contribution in [0.5, 0.6) is 0 Å². The summed E-state index contributed by atoms with van der Waals surface area (Å²) in [5, 5.41) is 0. The molecule has 0 aliphatic carbocycles. The first-order chi connectivity index (χ1) is 5.04. The quantitative estimate of drug-likeness (QED) is 0.497. The topological polar surface area (TPSA) is 18.5 Å². The van der Waals surface area contributed by atoms with E-state index in [1.54, 1.807) is 7.11 Å². The van der Waals surface area contributed by atoms with Crippen LogP contribution in [0.3, 0.4) is 0 Å². The molecule has 0 rings (SSSR count). The van der Waals surface area contributed by atoms with Gasteiger partial charge in [0.05, 0.1) is 0 Å². The molecule has 0 fully saturated rings. The van der Waals surface area contributed by atoms with Crippen molar-refractivity contribution in [3.05, 3.63) is 0 Å². The summed E-state index contributed by atoms with van der Waals surface area (Å²) >= 11 is 5.48. The van der Waals surface area contributed by atoms with E-state index in [4.69, 9.17) is 20.5 Å². The van der Waals surface area contributed by atoms with Gasteiger partial charge in [-0.3, -0.25) is 0 Å². The van der Waals surface area contributed by atoms with Gasteiger partial charge in [-0.15, -0.1) is 0 Å². The zero-order valence-electron chi connectivity index (χ0n) is 7.69. The zero-order valence-corrected chi connectivity index (χ0v) is 9.44. The molecule has 0 aliphatic rings. The second kappa shape index (κ2) is 5.14. The van der Waals surface area contributed by atoms with Crippen molar-refractivity contribution in [1.29, 1.82) is 0 Å². The van der Waals surface area contributed by atoms with E-state index in [1.165, 1.54) is 0 Å². The second-order valence-corrected chi connectivity index (χ2v) is 6.78. The van der Waals surface area contributed by atoms with Crippen molar-refractivity contribution in [3.8, 4) is 0 Å². The average molecular weight is 197 g/mol. The number of halogens is 1. The SMILES string of the molecule is CO[Si](C)(CC(C)C)OCCl. The van der Waals surface area contributed by atoms with Gasteiger partial charge in [0.2, 0.25) is 0 Å². The van der Waals surface area contributed by atoms with Gasteiger partial charge in [-0.1, -0.05) is 25.4 Å². The van der Waals surface area contributed by atoms with Crippen molar-refractivity contribution in [1.82, 2.24) is 0 Å². The molecule has 0 radical (unpaired) electrons. The summed E-state index contributed by atoms with van der Waals surface area (Å²) in [5.74, 6) is 0.606. The highest BCUT2D eigenvalue weighted by Crippen LogP contribution is 2.18. The molecule has 68 valence electrons. The van der Waals surface area contributed by atoms with E-state index < -0.39 is 8.56 Å². The molecule has 0 aromatic heterocycles. The van der Waals surface area contributed by atoms with Crippen molar-refractivity contribution < 1.29 is 8.85 Å². The minimum Gasteiger partial charge on any atom is -0.398 e. The van der Waals surface area contributed by atoms with Gasteiger partial charge < -0.3 is 8.85 Å². The van der Waals surface area contributed by atoms with Gasteiger partial charge in [0.25, 0.3) is 0 Å². The van der Waals surface area contributed by atoms with Crippen LogP contribution in [0.15, 0.2) is 0 Å². The first-order valence-corrected chi connectivity index (χ1v) is 6.85. The van der Waals surface area contributed by atoms with Crippen LogP contribution in [0.25, 0.3) is 0 Å². The van der Waals surface area contributed by atoms with Crippen LogP contribution in [0.2, 0.25) is 12.6 Å². The lowest BCUT2D eigenvalue weighted by atomic mass is 10.3. The maximum absolute atomic E-state index is 5.48. The molecule has 1 unspecified atom stereocenters. The lowest BCUT2D eigenvalue weighted by Crippen LogP contribution is -2.38. The molecule has 0 saturated carbocycles. The third kappa shape index (κ3) is 4.79. The smallest absolute Gasteiger partial charge is 0.335 e. The van der Waals surface area contributed by atoms with E-state index >= 15 is 0 Å². The molecule has 0 heterocycles. The van der Waals surface area contributed by atoms with E-state index in [1.807, 2.05) is 6.55 Å². The van der Waals surface area contributed by atoms with Gasteiger partial charge in [-0.25, -0.2) is 0 Å². The molecule has 0 aliphatic heterocycles. The Morgan fingerprint density at radius 1 is 1.45 bits per heavy atom. The fraction of sp³-hybridized carbons (Fsp3) is 1.00. The maximum atomic E-state index is 5.48. The zero-order chi connectivity index (χ0) is 8.91. The largest absolute Gasteiger partial charge is 0.398 e. The van der Waals surface area contributed by atoms with Crippen molar-refractivity contribution >= 4 is 20.2 Å². The Hall–Kier alpha value is 0.427. The van der Waals surface area contributed by atoms with Gasteiger partial charge in [0.1, 0.15) is 6.07 Å². The molecule has 4 heteroatoms. The van der Waals surface area contributed by atoms with Gasteiger partial charge in [0.15, 0.2) is 0 Å². The summed E-state index contributed by atoms with van der Waals surface area (Å²) in [6, 6.07) is 1.24. The van der Waals surface area contributed by atoms with E-state index in [-0.39, 0.29) is 6.07 Å². The molecule has 0 aromatic rings. The summed E-state index contributed by atoms with van der Waals surface area (Å²) in [7, 11) is -0.223. The monoisotopic (exact) mass is 196 g/mol. The summed E-state index contributed by atoms with van der Waals surface area (Å²) in [6.45, 7) is 6.35. The minimum atomic E-state index is -1.92. The van der Waals surface area contributed by atoms with E-state index in [0.29, 0.717) is 5.92 Å². The van der Waals surface area contributed by atoms with E-state index in [2.05, 4.69) is 13.8 Å². The third-order valence-electron chi connectivity index (χ3n) is 1.57. The van der Waals surface area contributed by atoms with Crippen LogP contribution in [0, 0.1) is 5.92 Å². The van der Waals surface area contributed by atoms with Crippen molar-refractivity contribution in [2.45, 2.75) is 26.4 Å². The van der Waals surface area contributed by atoms with Crippen molar-refractivity contribution in [3.63, 3.8) is 0 Å². The molecule has 0 spiro atoms. The number of hydrogen-bond donors (Lipinski definition) is 0. The van der Waals surface area contributed by atoms with E-state index in [0.717, 1.165) is 6.04 Å².